The fourth-order valence-corrected chi connectivity index (χ4v) is 2.05. The zero-order valence-corrected chi connectivity index (χ0v) is 8.95. The van der Waals surface area contributed by atoms with Gasteiger partial charge in [0.1, 0.15) is 6.26 Å². The van der Waals surface area contributed by atoms with Crippen LogP contribution in [0.3, 0.4) is 0 Å². The zero-order valence-electron chi connectivity index (χ0n) is 8.95. The Hall–Kier alpha value is -2.03. The number of allylic oxidation sites excluding steroid dienone is 4. The lowest BCUT2D eigenvalue weighted by Crippen LogP contribution is -2.15. The van der Waals surface area contributed by atoms with E-state index in [1.165, 1.54) is 5.57 Å². The average Bonchev–Trinajstić information content (AvgIpc) is 2.52. The minimum atomic E-state index is 0.160. The molecule has 0 radical (unpaired) electrons. The van der Waals surface area contributed by atoms with Crippen LogP contribution in [0.1, 0.15) is 6.42 Å². The molecule has 0 aromatic rings. The number of ketones is 1. The number of hydrogen-bond acceptors (Lipinski definition) is 3. The molecule has 1 aliphatic carbocycles. The summed E-state index contributed by atoms with van der Waals surface area (Å²) in [7, 11) is 0. The summed E-state index contributed by atoms with van der Waals surface area (Å²) < 4.78 is 5.12. The van der Waals surface area contributed by atoms with Crippen molar-refractivity contribution in [1.82, 2.24) is 5.32 Å². The van der Waals surface area contributed by atoms with Crippen molar-refractivity contribution in [3.05, 3.63) is 60.3 Å². The van der Waals surface area contributed by atoms with Crippen molar-refractivity contribution >= 4 is 5.78 Å². The molecule has 2 heterocycles. The molecule has 2 aliphatic heterocycles. The molecule has 0 saturated carbocycles. The highest BCUT2D eigenvalue weighted by Crippen LogP contribution is 2.36. The third-order valence-corrected chi connectivity index (χ3v) is 2.67. The molecule has 0 saturated heterocycles. The smallest absolute Gasteiger partial charge is 0.170 e. The van der Waals surface area contributed by atoms with Gasteiger partial charge in [-0.3, -0.25) is 4.79 Å². The monoisotopic (exact) mass is 215 g/mol. The summed E-state index contributed by atoms with van der Waals surface area (Å²) >= 11 is 0. The molecular formula is C13H13NO2. The molecule has 3 heteroatoms. The summed E-state index contributed by atoms with van der Waals surface area (Å²) in [5.41, 5.74) is 4.01. The lowest BCUT2D eigenvalue weighted by atomic mass is 9.98. The largest absolute Gasteiger partial charge is 0.472 e. The van der Waals surface area contributed by atoms with E-state index in [2.05, 4.69) is 18.5 Å². The van der Waals surface area contributed by atoms with Crippen molar-refractivity contribution < 1.29 is 9.53 Å². The van der Waals surface area contributed by atoms with Crippen LogP contribution < -0.4 is 5.32 Å². The number of nitrogens with one attached hydrogen (secondary N) is 1. The lowest BCUT2D eigenvalue weighted by Gasteiger charge is -2.13. The molecule has 0 amide bonds. The number of Topliss-reactive ketones (excluding diaryl/α,β-unsaturated/α-hetero) is 1. The van der Waals surface area contributed by atoms with Crippen molar-refractivity contribution in [2.45, 2.75) is 6.42 Å². The first-order valence-corrected chi connectivity index (χ1v) is 5.08. The van der Waals surface area contributed by atoms with Gasteiger partial charge < -0.3 is 10.1 Å². The lowest BCUT2D eigenvalue weighted by molar-refractivity contribution is -0.114. The van der Waals surface area contributed by atoms with Crippen LogP contribution in [0.2, 0.25) is 0 Å². The Balaban J connectivity index is 0.000000457. The van der Waals surface area contributed by atoms with Gasteiger partial charge in [0.15, 0.2) is 5.78 Å². The van der Waals surface area contributed by atoms with Crippen LogP contribution >= 0.6 is 0 Å². The second-order valence-electron chi connectivity index (χ2n) is 3.53. The van der Waals surface area contributed by atoms with Gasteiger partial charge in [0.25, 0.3) is 0 Å². The van der Waals surface area contributed by atoms with E-state index in [1.54, 1.807) is 12.5 Å². The third kappa shape index (κ3) is 1.50. The number of carbonyl (C=O) groups is 1. The Kier molecular flexibility index (Phi) is 2.77. The Morgan fingerprint density at radius 2 is 2.19 bits per heavy atom. The maximum absolute atomic E-state index is 11.6. The Morgan fingerprint density at radius 1 is 1.38 bits per heavy atom. The molecule has 3 rings (SSSR count). The summed E-state index contributed by atoms with van der Waals surface area (Å²) in [5, 5.41) is 3.15. The molecule has 3 nitrogen and oxygen atoms in total. The highest BCUT2D eigenvalue weighted by Gasteiger charge is 2.31. The quantitative estimate of drug-likeness (QED) is 0.628. The van der Waals surface area contributed by atoms with E-state index >= 15 is 0 Å². The average molecular weight is 215 g/mol. The topological polar surface area (TPSA) is 38.3 Å². The summed E-state index contributed by atoms with van der Waals surface area (Å²) in [4.78, 5) is 11.6. The Morgan fingerprint density at radius 3 is 3.00 bits per heavy atom. The summed E-state index contributed by atoms with van der Waals surface area (Å²) in [5.74, 6) is 0.160. The van der Waals surface area contributed by atoms with E-state index in [0.29, 0.717) is 6.42 Å². The van der Waals surface area contributed by atoms with Crippen molar-refractivity contribution in [2.75, 3.05) is 6.54 Å². The van der Waals surface area contributed by atoms with Crippen molar-refractivity contribution in [3.63, 3.8) is 0 Å². The van der Waals surface area contributed by atoms with Crippen LogP contribution in [0.4, 0.5) is 0 Å². The molecule has 16 heavy (non-hydrogen) atoms. The number of rotatable bonds is 0. The van der Waals surface area contributed by atoms with Crippen LogP contribution in [0, 0.1) is 0 Å². The van der Waals surface area contributed by atoms with E-state index in [1.807, 2.05) is 12.3 Å². The van der Waals surface area contributed by atoms with E-state index < -0.39 is 0 Å². The molecular weight excluding hydrogens is 202 g/mol. The van der Waals surface area contributed by atoms with Crippen molar-refractivity contribution in [3.8, 4) is 0 Å². The zero-order chi connectivity index (χ0) is 11.5. The standard InChI is InChI=1S/C11H9NO2.C2H4/c13-10-3-8-5-12-4-7-1-2-14-6-9(10)11(7)8;1-2/h1-2,4,6,12H,3,5H2;1-2H2. The van der Waals surface area contributed by atoms with Gasteiger partial charge in [-0.15, -0.1) is 13.2 Å². The molecule has 0 spiro atoms. The summed E-state index contributed by atoms with van der Waals surface area (Å²) in [6, 6.07) is 0. The first kappa shape index (κ1) is 10.5. The third-order valence-electron chi connectivity index (χ3n) is 2.67. The van der Waals surface area contributed by atoms with Crippen LogP contribution in [0.15, 0.2) is 60.3 Å². The molecule has 0 bridgehead atoms. The number of hydrogen-bond donors (Lipinski definition) is 1. The maximum Gasteiger partial charge on any atom is 0.170 e. The van der Waals surface area contributed by atoms with Gasteiger partial charge in [0, 0.05) is 24.7 Å². The van der Waals surface area contributed by atoms with Gasteiger partial charge in [-0.1, -0.05) is 0 Å². The second-order valence-corrected chi connectivity index (χ2v) is 3.53. The minimum Gasteiger partial charge on any atom is -0.472 e. The maximum atomic E-state index is 11.6. The molecule has 0 unspecified atom stereocenters. The number of dihydropyridines is 1. The first-order chi connectivity index (χ1) is 7.86. The Labute approximate surface area is 94.5 Å². The Bertz CT molecular complexity index is 453. The van der Waals surface area contributed by atoms with Gasteiger partial charge in [-0.25, -0.2) is 0 Å². The van der Waals surface area contributed by atoms with Crippen LogP contribution in [-0.4, -0.2) is 12.3 Å². The highest BCUT2D eigenvalue weighted by atomic mass is 16.5. The van der Waals surface area contributed by atoms with Gasteiger partial charge in [0.05, 0.1) is 11.8 Å². The molecule has 82 valence electrons. The SMILES string of the molecule is C=C.O=C1CC2=C3C(=CNC2)C=COC=C13. The minimum absolute atomic E-state index is 0.160. The number of carbonyl (C=O) groups excluding carboxylic acids is 1. The van der Waals surface area contributed by atoms with Gasteiger partial charge >= 0.3 is 0 Å². The first-order valence-electron chi connectivity index (χ1n) is 5.08. The fraction of sp³-hybridized carbons (Fsp3) is 0.154. The second kappa shape index (κ2) is 4.23. The highest BCUT2D eigenvalue weighted by molar-refractivity contribution is 6.06. The summed E-state index contributed by atoms with van der Waals surface area (Å²) in [6.07, 6.45) is 7.48. The van der Waals surface area contributed by atoms with E-state index in [9.17, 15) is 4.79 Å². The predicted molar refractivity (Wildman–Crippen MR) is 62.3 cm³/mol. The van der Waals surface area contributed by atoms with Gasteiger partial charge in [-0.2, -0.15) is 0 Å². The molecule has 3 aliphatic rings. The van der Waals surface area contributed by atoms with E-state index in [4.69, 9.17) is 4.74 Å². The molecule has 0 fully saturated rings. The van der Waals surface area contributed by atoms with Crippen molar-refractivity contribution in [2.24, 2.45) is 0 Å². The van der Waals surface area contributed by atoms with Crippen LogP contribution in [0.5, 0.6) is 0 Å². The molecule has 0 aromatic heterocycles. The fourth-order valence-electron chi connectivity index (χ4n) is 2.05. The van der Waals surface area contributed by atoms with Crippen molar-refractivity contribution in [1.29, 1.82) is 0 Å². The van der Waals surface area contributed by atoms with Gasteiger partial charge in [-0.05, 0) is 17.2 Å². The molecule has 1 N–H and O–H groups in total. The van der Waals surface area contributed by atoms with Crippen LogP contribution in [-0.2, 0) is 9.53 Å². The number of ether oxygens (including phenoxy) is 1. The van der Waals surface area contributed by atoms with Gasteiger partial charge in [0.2, 0.25) is 0 Å². The van der Waals surface area contributed by atoms with Crippen LogP contribution in [0.25, 0.3) is 0 Å². The normalized spacial score (nSPS) is 20.6. The molecule has 0 aromatic carbocycles. The molecule has 0 atom stereocenters. The summed E-state index contributed by atoms with van der Waals surface area (Å²) in [6.45, 7) is 6.77. The van der Waals surface area contributed by atoms with E-state index in [0.717, 1.165) is 23.3 Å². The van der Waals surface area contributed by atoms with E-state index in [-0.39, 0.29) is 5.78 Å². The predicted octanol–water partition coefficient (Wildman–Crippen LogP) is 1.97.